The number of hydrogen-bond acceptors (Lipinski definition) is 2. The quantitative estimate of drug-likeness (QED) is 0.853. The number of halogens is 2. The van der Waals surface area contributed by atoms with Crippen LogP contribution in [0.3, 0.4) is 0 Å². The minimum atomic E-state index is -0.461. The van der Waals surface area contributed by atoms with Gasteiger partial charge in [0.2, 0.25) is 0 Å². The summed E-state index contributed by atoms with van der Waals surface area (Å²) in [6, 6.07) is 10.1. The Morgan fingerprint density at radius 3 is 2.95 bits per heavy atom. The molecule has 0 atom stereocenters. The summed E-state index contributed by atoms with van der Waals surface area (Å²) in [4.78, 5) is 12.3. The topological polar surface area (TPSA) is 41.1 Å². The molecule has 0 aliphatic carbocycles. The van der Waals surface area contributed by atoms with Gasteiger partial charge in [-0.3, -0.25) is 4.79 Å². The van der Waals surface area contributed by atoms with Gasteiger partial charge < -0.3 is 10.6 Å². The largest absolute Gasteiger partial charge is 0.385 e. The van der Waals surface area contributed by atoms with E-state index < -0.39 is 5.82 Å². The van der Waals surface area contributed by atoms with Crippen LogP contribution < -0.4 is 10.6 Å². The van der Waals surface area contributed by atoms with Crippen LogP contribution in [-0.2, 0) is 6.42 Å². The van der Waals surface area contributed by atoms with Crippen molar-refractivity contribution in [3.05, 3.63) is 57.8 Å². The second kappa shape index (κ2) is 5.85. The fourth-order valence-electron chi connectivity index (χ4n) is 2.42. The molecule has 0 bridgehead atoms. The van der Waals surface area contributed by atoms with Crippen molar-refractivity contribution < 1.29 is 9.18 Å². The fraction of sp³-hybridized carbons (Fsp3) is 0.188. The summed E-state index contributed by atoms with van der Waals surface area (Å²) in [7, 11) is 0. The lowest BCUT2D eigenvalue weighted by Crippen LogP contribution is -2.16. The smallest absolute Gasteiger partial charge is 0.255 e. The fourth-order valence-corrected chi connectivity index (χ4v) is 2.86. The number of amides is 1. The predicted molar refractivity (Wildman–Crippen MR) is 85.3 cm³/mol. The van der Waals surface area contributed by atoms with Crippen molar-refractivity contribution in [2.24, 2.45) is 0 Å². The van der Waals surface area contributed by atoms with Crippen molar-refractivity contribution in [3.63, 3.8) is 0 Å². The van der Waals surface area contributed by atoms with Gasteiger partial charge in [0.25, 0.3) is 5.91 Å². The second-order valence-electron chi connectivity index (χ2n) is 4.95. The van der Waals surface area contributed by atoms with E-state index >= 15 is 0 Å². The molecular weight excluding hydrogens is 335 g/mol. The van der Waals surface area contributed by atoms with Crippen LogP contribution in [0.25, 0.3) is 0 Å². The number of fused-ring (bicyclic) bond motifs is 1. The predicted octanol–water partition coefficient (Wildman–Crippen LogP) is 4.20. The zero-order valence-corrected chi connectivity index (χ0v) is 12.8. The van der Waals surface area contributed by atoms with E-state index in [-0.39, 0.29) is 11.6 Å². The summed E-state index contributed by atoms with van der Waals surface area (Å²) >= 11 is 3.24. The van der Waals surface area contributed by atoms with Crippen molar-refractivity contribution in [1.29, 1.82) is 0 Å². The molecule has 0 saturated carbocycles. The van der Waals surface area contributed by atoms with Crippen molar-refractivity contribution in [1.82, 2.24) is 0 Å². The van der Waals surface area contributed by atoms with E-state index in [4.69, 9.17) is 0 Å². The van der Waals surface area contributed by atoms with Crippen molar-refractivity contribution in [2.75, 3.05) is 17.2 Å². The number of benzene rings is 2. The Bertz CT molecular complexity index is 682. The zero-order chi connectivity index (χ0) is 14.8. The number of anilines is 2. The zero-order valence-electron chi connectivity index (χ0n) is 11.2. The summed E-state index contributed by atoms with van der Waals surface area (Å²) in [5, 5.41) is 5.92. The molecule has 21 heavy (non-hydrogen) atoms. The van der Waals surface area contributed by atoms with Crippen LogP contribution in [0.5, 0.6) is 0 Å². The molecule has 0 spiro atoms. The molecule has 3 rings (SSSR count). The van der Waals surface area contributed by atoms with E-state index in [2.05, 4.69) is 26.6 Å². The molecule has 0 unspecified atom stereocenters. The maximum absolute atomic E-state index is 13.7. The van der Waals surface area contributed by atoms with Gasteiger partial charge in [0, 0.05) is 22.3 Å². The molecule has 1 aliphatic heterocycles. The number of rotatable bonds is 2. The molecule has 0 aromatic heterocycles. The molecule has 0 radical (unpaired) electrons. The normalized spacial score (nSPS) is 13.2. The molecule has 3 nitrogen and oxygen atoms in total. The summed E-state index contributed by atoms with van der Waals surface area (Å²) in [6.07, 6.45) is 2.00. The lowest BCUT2D eigenvalue weighted by atomic mass is 10.0. The van der Waals surface area contributed by atoms with Gasteiger partial charge in [0.15, 0.2) is 0 Å². The molecule has 5 heteroatoms. The van der Waals surface area contributed by atoms with E-state index in [0.717, 1.165) is 30.6 Å². The van der Waals surface area contributed by atoms with Crippen molar-refractivity contribution in [3.8, 4) is 0 Å². The third-order valence-corrected chi connectivity index (χ3v) is 4.17. The van der Waals surface area contributed by atoms with Gasteiger partial charge >= 0.3 is 0 Å². The van der Waals surface area contributed by atoms with Crippen LogP contribution in [-0.4, -0.2) is 12.5 Å². The summed E-state index contributed by atoms with van der Waals surface area (Å²) in [5.41, 5.74) is 2.90. The first-order chi connectivity index (χ1) is 10.1. The molecule has 0 saturated heterocycles. The van der Waals surface area contributed by atoms with Gasteiger partial charge in [0.1, 0.15) is 5.82 Å². The Kier molecular flexibility index (Phi) is 3.92. The van der Waals surface area contributed by atoms with E-state index in [0.29, 0.717) is 10.0 Å². The number of hydrogen-bond donors (Lipinski definition) is 2. The lowest BCUT2D eigenvalue weighted by molar-refractivity contribution is 0.102. The SMILES string of the molecule is O=C(Nc1c(F)cccc1Br)c1ccc2c(c1)CCCN2. The Morgan fingerprint density at radius 2 is 2.14 bits per heavy atom. The number of nitrogens with one attached hydrogen (secondary N) is 2. The first-order valence-corrected chi connectivity index (χ1v) is 7.56. The van der Waals surface area contributed by atoms with E-state index in [1.165, 1.54) is 6.07 Å². The summed E-state index contributed by atoms with van der Waals surface area (Å²) in [6.45, 7) is 0.959. The highest BCUT2D eigenvalue weighted by atomic mass is 79.9. The van der Waals surface area contributed by atoms with Crippen LogP contribution in [0.1, 0.15) is 22.3 Å². The van der Waals surface area contributed by atoms with Gasteiger partial charge in [-0.25, -0.2) is 4.39 Å². The Labute approximate surface area is 130 Å². The monoisotopic (exact) mass is 348 g/mol. The van der Waals surface area contributed by atoms with Gasteiger partial charge in [-0.2, -0.15) is 0 Å². The van der Waals surface area contributed by atoms with Crippen LogP contribution in [0.15, 0.2) is 40.9 Å². The van der Waals surface area contributed by atoms with E-state index in [9.17, 15) is 9.18 Å². The lowest BCUT2D eigenvalue weighted by Gasteiger charge is -2.18. The minimum Gasteiger partial charge on any atom is -0.385 e. The number of carbonyl (C=O) groups is 1. The molecule has 108 valence electrons. The van der Waals surface area contributed by atoms with Gasteiger partial charge in [-0.1, -0.05) is 6.07 Å². The van der Waals surface area contributed by atoms with Crippen LogP contribution in [0.2, 0.25) is 0 Å². The van der Waals surface area contributed by atoms with Gasteiger partial charge in [0.05, 0.1) is 5.69 Å². The maximum Gasteiger partial charge on any atom is 0.255 e. The van der Waals surface area contributed by atoms with Crippen molar-refractivity contribution in [2.45, 2.75) is 12.8 Å². The van der Waals surface area contributed by atoms with Crippen LogP contribution in [0.4, 0.5) is 15.8 Å². The molecule has 2 N–H and O–H groups in total. The molecule has 1 amide bonds. The molecule has 1 heterocycles. The van der Waals surface area contributed by atoms with Crippen LogP contribution in [0, 0.1) is 5.82 Å². The van der Waals surface area contributed by atoms with E-state index in [1.807, 2.05) is 12.1 Å². The molecule has 2 aromatic rings. The van der Waals surface area contributed by atoms with Gasteiger partial charge in [-0.05, 0) is 64.7 Å². The summed E-state index contributed by atoms with van der Waals surface area (Å²) < 4.78 is 14.3. The first kappa shape index (κ1) is 14.1. The number of carbonyl (C=O) groups excluding carboxylic acids is 1. The Morgan fingerprint density at radius 1 is 1.29 bits per heavy atom. The van der Waals surface area contributed by atoms with Crippen LogP contribution >= 0.6 is 15.9 Å². The maximum atomic E-state index is 13.7. The standard InChI is InChI=1S/C16H14BrFN2O/c17-12-4-1-5-13(18)15(12)20-16(21)11-6-7-14-10(9-11)3-2-8-19-14/h1,4-7,9,19H,2-3,8H2,(H,20,21). The van der Waals surface area contributed by atoms with E-state index in [1.54, 1.807) is 18.2 Å². The number of para-hydroxylation sites is 1. The number of aryl methyl sites for hydroxylation is 1. The molecule has 1 aliphatic rings. The first-order valence-electron chi connectivity index (χ1n) is 6.77. The molecule has 0 fully saturated rings. The average molecular weight is 349 g/mol. The Balaban J connectivity index is 1.86. The van der Waals surface area contributed by atoms with Crippen molar-refractivity contribution >= 4 is 33.2 Å². The highest BCUT2D eigenvalue weighted by Gasteiger charge is 2.15. The third kappa shape index (κ3) is 2.93. The molecule has 2 aromatic carbocycles. The summed E-state index contributed by atoms with van der Waals surface area (Å²) in [5.74, 6) is -0.772. The molecular formula is C16H14BrFN2O. The third-order valence-electron chi connectivity index (χ3n) is 3.51. The highest BCUT2D eigenvalue weighted by molar-refractivity contribution is 9.10. The van der Waals surface area contributed by atoms with Gasteiger partial charge in [-0.15, -0.1) is 0 Å². The second-order valence-corrected chi connectivity index (χ2v) is 5.81. The minimum absolute atomic E-state index is 0.165. The average Bonchev–Trinajstić information content (AvgIpc) is 2.50. The highest BCUT2D eigenvalue weighted by Crippen LogP contribution is 2.27. The Hall–Kier alpha value is -1.88.